The van der Waals surface area contributed by atoms with E-state index < -0.39 is 0 Å². The minimum Gasteiger partial charge on any atom is -0.378 e. The van der Waals surface area contributed by atoms with Crippen molar-refractivity contribution in [2.24, 2.45) is 5.10 Å². The van der Waals surface area contributed by atoms with Gasteiger partial charge < -0.3 is 4.90 Å². The maximum atomic E-state index is 13.6. The average molecular weight is 529 g/mol. The molecule has 2 heterocycles. The predicted octanol–water partition coefficient (Wildman–Crippen LogP) is 6.47. The van der Waals surface area contributed by atoms with Crippen molar-refractivity contribution in [1.82, 2.24) is 4.98 Å². The van der Waals surface area contributed by atoms with Gasteiger partial charge in [0, 0.05) is 40.8 Å². The Balaban J connectivity index is 1.53. The summed E-state index contributed by atoms with van der Waals surface area (Å²) in [5, 5.41) is 8.62. The number of aromatic nitrogens is 1. The van der Waals surface area contributed by atoms with Gasteiger partial charge >= 0.3 is 0 Å². The Morgan fingerprint density at radius 2 is 1.62 bits per heavy atom. The zero-order valence-electron chi connectivity index (χ0n) is 18.6. The Kier molecular flexibility index (Phi) is 6.13. The van der Waals surface area contributed by atoms with E-state index in [0.29, 0.717) is 16.4 Å². The quantitative estimate of drug-likeness (QED) is 0.279. The summed E-state index contributed by atoms with van der Waals surface area (Å²) in [7, 11) is 4.01. The first kappa shape index (κ1) is 22.3. The van der Waals surface area contributed by atoms with Gasteiger partial charge in [-0.1, -0.05) is 70.5 Å². The van der Waals surface area contributed by atoms with Gasteiger partial charge in [-0.3, -0.25) is 4.79 Å². The van der Waals surface area contributed by atoms with Crippen LogP contribution >= 0.6 is 27.3 Å². The van der Waals surface area contributed by atoms with Gasteiger partial charge in [0.05, 0.1) is 11.3 Å². The summed E-state index contributed by atoms with van der Waals surface area (Å²) in [5.74, 6) is -0.188. The van der Waals surface area contributed by atoms with Crippen LogP contribution in [0.3, 0.4) is 0 Å². The topological polar surface area (TPSA) is 48.8 Å². The Labute approximate surface area is 210 Å². The van der Waals surface area contributed by atoms with Crippen LogP contribution in [0, 0.1) is 0 Å². The summed E-state index contributed by atoms with van der Waals surface area (Å²) in [5.41, 5.74) is 5.91. The van der Waals surface area contributed by atoms with Gasteiger partial charge in [0.25, 0.3) is 5.91 Å². The SMILES string of the molecule is CN(C)c1ccc(/C=C2/C(=O)N(c3nc(-c4ccc(Br)cc4)cs3)N=C2c2ccccc2)cc1. The molecule has 0 N–H and O–H groups in total. The molecular formula is C27H21BrN4OS. The second kappa shape index (κ2) is 9.37. The van der Waals surface area contributed by atoms with Crippen LogP contribution in [0.5, 0.6) is 0 Å². The van der Waals surface area contributed by atoms with Crippen molar-refractivity contribution < 1.29 is 4.79 Å². The zero-order chi connectivity index (χ0) is 23.7. The number of carbonyl (C=O) groups excluding carboxylic acids is 1. The third kappa shape index (κ3) is 4.44. The molecule has 0 radical (unpaired) electrons. The molecular weight excluding hydrogens is 508 g/mol. The van der Waals surface area contributed by atoms with Crippen molar-refractivity contribution in [3.05, 3.63) is 105 Å². The first-order valence-electron chi connectivity index (χ1n) is 10.7. The van der Waals surface area contributed by atoms with Gasteiger partial charge in [0.15, 0.2) is 0 Å². The maximum absolute atomic E-state index is 13.6. The third-order valence-electron chi connectivity index (χ3n) is 5.46. The van der Waals surface area contributed by atoms with Gasteiger partial charge in [-0.15, -0.1) is 11.3 Å². The van der Waals surface area contributed by atoms with Crippen LogP contribution in [0.25, 0.3) is 17.3 Å². The van der Waals surface area contributed by atoms with Crippen LogP contribution in [-0.2, 0) is 4.79 Å². The summed E-state index contributed by atoms with van der Waals surface area (Å²) in [6.45, 7) is 0. The second-order valence-electron chi connectivity index (χ2n) is 8.00. The fourth-order valence-corrected chi connectivity index (χ4v) is 4.68. The van der Waals surface area contributed by atoms with Gasteiger partial charge in [-0.05, 0) is 35.9 Å². The van der Waals surface area contributed by atoms with Gasteiger partial charge in [0.1, 0.15) is 5.71 Å². The number of nitrogens with zero attached hydrogens (tertiary/aromatic N) is 4. The fraction of sp³-hybridized carbons (Fsp3) is 0.0741. The van der Waals surface area contributed by atoms with E-state index in [1.54, 1.807) is 0 Å². The highest BCUT2D eigenvalue weighted by Gasteiger charge is 2.33. The van der Waals surface area contributed by atoms with E-state index in [-0.39, 0.29) is 5.91 Å². The Morgan fingerprint density at radius 3 is 2.29 bits per heavy atom. The first-order valence-corrected chi connectivity index (χ1v) is 12.4. The zero-order valence-corrected chi connectivity index (χ0v) is 21.0. The molecule has 5 nitrogen and oxygen atoms in total. The van der Waals surface area contributed by atoms with E-state index in [0.717, 1.165) is 32.5 Å². The molecule has 0 fully saturated rings. The minimum absolute atomic E-state index is 0.188. The number of halogens is 1. The number of hydrazone groups is 1. The molecule has 0 spiro atoms. The van der Waals surface area contributed by atoms with Crippen molar-refractivity contribution in [3.63, 3.8) is 0 Å². The van der Waals surface area contributed by atoms with Crippen LogP contribution in [0.4, 0.5) is 10.8 Å². The second-order valence-corrected chi connectivity index (χ2v) is 9.75. The Morgan fingerprint density at radius 1 is 0.912 bits per heavy atom. The lowest BCUT2D eigenvalue weighted by Crippen LogP contribution is -2.21. The molecule has 1 amide bonds. The highest BCUT2D eigenvalue weighted by Crippen LogP contribution is 2.33. The molecule has 7 heteroatoms. The van der Waals surface area contributed by atoms with Crippen molar-refractivity contribution in [3.8, 4) is 11.3 Å². The van der Waals surface area contributed by atoms with E-state index in [2.05, 4.69) is 15.9 Å². The predicted molar refractivity (Wildman–Crippen MR) is 144 cm³/mol. The van der Waals surface area contributed by atoms with E-state index >= 15 is 0 Å². The molecule has 1 aliphatic rings. The van der Waals surface area contributed by atoms with Gasteiger partial charge in [-0.2, -0.15) is 10.1 Å². The molecule has 0 saturated heterocycles. The standard InChI is InChI=1S/C27H21BrN4OS/c1-31(2)22-14-8-18(9-15-22)16-23-25(20-6-4-3-5-7-20)30-32(26(23)33)27-29-24(17-34-27)19-10-12-21(28)13-11-19/h3-17H,1-2H3/b23-16+. The monoisotopic (exact) mass is 528 g/mol. The molecule has 4 aromatic rings. The van der Waals surface area contributed by atoms with Crippen molar-refractivity contribution in [1.29, 1.82) is 0 Å². The van der Waals surface area contributed by atoms with E-state index in [9.17, 15) is 4.79 Å². The summed E-state index contributed by atoms with van der Waals surface area (Å²) in [6.07, 6.45) is 1.90. The normalized spacial score (nSPS) is 14.6. The van der Waals surface area contributed by atoms with E-state index in [4.69, 9.17) is 10.1 Å². The van der Waals surface area contributed by atoms with Crippen LogP contribution in [-0.4, -0.2) is 30.7 Å². The third-order valence-corrected chi connectivity index (χ3v) is 6.80. The molecule has 1 aliphatic heterocycles. The highest BCUT2D eigenvalue weighted by molar-refractivity contribution is 9.10. The van der Waals surface area contributed by atoms with Crippen LogP contribution in [0.15, 0.2) is 99.4 Å². The molecule has 0 unspecified atom stereocenters. The van der Waals surface area contributed by atoms with Crippen molar-refractivity contribution in [2.75, 3.05) is 24.0 Å². The molecule has 1 aromatic heterocycles. The number of anilines is 2. The molecule has 5 rings (SSSR count). The summed E-state index contributed by atoms with van der Waals surface area (Å²) < 4.78 is 1.01. The van der Waals surface area contributed by atoms with Crippen molar-refractivity contribution >= 4 is 55.8 Å². The van der Waals surface area contributed by atoms with Gasteiger partial charge in [-0.25, -0.2) is 4.98 Å². The molecule has 0 aliphatic carbocycles. The average Bonchev–Trinajstić information content (AvgIpc) is 3.46. The fourth-order valence-electron chi connectivity index (χ4n) is 3.63. The number of amides is 1. The van der Waals surface area contributed by atoms with E-state index in [1.165, 1.54) is 16.3 Å². The number of rotatable bonds is 5. The largest absolute Gasteiger partial charge is 0.378 e. The molecule has 34 heavy (non-hydrogen) atoms. The molecule has 0 atom stereocenters. The van der Waals surface area contributed by atoms with Crippen LogP contribution < -0.4 is 9.91 Å². The lowest BCUT2D eigenvalue weighted by atomic mass is 10.0. The highest BCUT2D eigenvalue weighted by atomic mass is 79.9. The smallest absolute Gasteiger partial charge is 0.283 e. The van der Waals surface area contributed by atoms with Crippen LogP contribution in [0.2, 0.25) is 0 Å². The number of thiazole rings is 1. The van der Waals surface area contributed by atoms with Crippen LogP contribution in [0.1, 0.15) is 11.1 Å². The summed E-state index contributed by atoms with van der Waals surface area (Å²) in [6, 6.07) is 25.8. The van der Waals surface area contributed by atoms with E-state index in [1.807, 2.05) is 109 Å². The molecule has 3 aromatic carbocycles. The number of hydrogen-bond acceptors (Lipinski definition) is 5. The van der Waals surface area contributed by atoms with Crippen molar-refractivity contribution in [2.45, 2.75) is 0 Å². The Hall–Kier alpha value is -3.55. The summed E-state index contributed by atoms with van der Waals surface area (Å²) in [4.78, 5) is 20.3. The molecule has 168 valence electrons. The first-order chi connectivity index (χ1) is 16.5. The maximum Gasteiger partial charge on any atom is 0.283 e. The molecule has 0 bridgehead atoms. The number of benzene rings is 3. The lowest BCUT2D eigenvalue weighted by molar-refractivity contribution is -0.114. The number of carbonyl (C=O) groups is 1. The van der Waals surface area contributed by atoms with Gasteiger partial charge in [0.2, 0.25) is 5.13 Å². The lowest BCUT2D eigenvalue weighted by Gasteiger charge is -2.12. The molecule has 0 saturated carbocycles. The Bertz CT molecular complexity index is 1390. The number of hydrogen-bond donors (Lipinski definition) is 0. The minimum atomic E-state index is -0.188. The summed E-state index contributed by atoms with van der Waals surface area (Å²) >= 11 is 4.86.